The number of nitro benzene ring substituents is 1. The van der Waals surface area contributed by atoms with Crippen molar-refractivity contribution in [3.63, 3.8) is 0 Å². The van der Waals surface area contributed by atoms with E-state index < -0.39 is 28.0 Å². The number of likely N-dealkylation sites (tertiary alicyclic amines) is 2. The summed E-state index contributed by atoms with van der Waals surface area (Å²) in [5, 5.41) is 10.9. The molecule has 2 aliphatic rings. The lowest BCUT2D eigenvalue weighted by atomic mass is 10.2. The number of carbonyl (C=O) groups is 1. The largest absolute Gasteiger partial charge is 0.492 e. The summed E-state index contributed by atoms with van der Waals surface area (Å²) in [6.07, 6.45) is -4.25. The summed E-state index contributed by atoms with van der Waals surface area (Å²) in [6, 6.07) is 2.38. The van der Waals surface area contributed by atoms with Gasteiger partial charge in [0, 0.05) is 37.8 Å². The number of fused-ring (bicyclic) bond motifs is 2. The number of piperazine rings is 1. The molecule has 0 aromatic heterocycles. The molecule has 2 saturated heterocycles. The summed E-state index contributed by atoms with van der Waals surface area (Å²) >= 11 is 0. The minimum absolute atomic E-state index is 0.0273. The van der Waals surface area contributed by atoms with E-state index in [2.05, 4.69) is 4.90 Å². The number of carbonyl (C=O) groups excluding carboxylic acids is 1. The van der Waals surface area contributed by atoms with Crippen LogP contribution in [-0.4, -0.2) is 64.7 Å². The van der Waals surface area contributed by atoms with Gasteiger partial charge in [0.2, 0.25) is 0 Å². The molecule has 11 heteroatoms. The highest BCUT2D eigenvalue weighted by Crippen LogP contribution is 2.35. The number of alkyl halides is 3. The molecule has 1 unspecified atom stereocenters. The van der Waals surface area contributed by atoms with Crippen LogP contribution in [0.3, 0.4) is 0 Å². The lowest BCUT2D eigenvalue weighted by Crippen LogP contribution is -2.50. The van der Waals surface area contributed by atoms with Gasteiger partial charge in [0.25, 0.3) is 5.69 Å². The maximum Gasteiger partial charge on any atom is 0.416 e. The second-order valence-corrected chi connectivity index (χ2v) is 8.49. The first kappa shape index (κ1) is 22.1. The molecule has 2 atom stereocenters. The molecule has 1 amide bonds. The number of non-ortho nitro benzene ring substituents is 1. The van der Waals surface area contributed by atoms with E-state index in [1.807, 2.05) is 0 Å². The van der Waals surface area contributed by atoms with E-state index in [9.17, 15) is 28.1 Å². The van der Waals surface area contributed by atoms with Crippen LogP contribution in [-0.2, 0) is 10.9 Å². The van der Waals surface area contributed by atoms with Crippen molar-refractivity contribution in [3.8, 4) is 5.75 Å². The van der Waals surface area contributed by atoms with Crippen LogP contribution in [0.1, 0.15) is 32.8 Å². The summed E-state index contributed by atoms with van der Waals surface area (Å²) in [5.41, 5.74) is -2.37. The third-order valence-corrected chi connectivity index (χ3v) is 5.06. The molecule has 0 radical (unpaired) electrons. The Hall–Kier alpha value is -2.56. The van der Waals surface area contributed by atoms with Crippen molar-refractivity contribution in [2.24, 2.45) is 0 Å². The molecule has 0 saturated carbocycles. The predicted molar refractivity (Wildman–Crippen MR) is 100 cm³/mol. The molecular weight excluding hydrogens is 407 g/mol. The molecule has 2 heterocycles. The summed E-state index contributed by atoms with van der Waals surface area (Å²) in [6.45, 7) is 7.08. The first-order valence-electron chi connectivity index (χ1n) is 9.56. The Bertz CT molecular complexity index is 825. The second kappa shape index (κ2) is 7.93. The van der Waals surface area contributed by atoms with Crippen molar-refractivity contribution in [1.82, 2.24) is 9.80 Å². The van der Waals surface area contributed by atoms with E-state index in [1.165, 1.54) is 0 Å². The number of ether oxygens (including phenoxy) is 2. The Labute approximate surface area is 171 Å². The van der Waals surface area contributed by atoms with E-state index in [0.29, 0.717) is 25.7 Å². The summed E-state index contributed by atoms with van der Waals surface area (Å²) in [7, 11) is 0. The van der Waals surface area contributed by atoms with Gasteiger partial charge in [-0.1, -0.05) is 0 Å². The average Bonchev–Trinajstić information content (AvgIpc) is 3.19. The van der Waals surface area contributed by atoms with Crippen molar-refractivity contribution in [1.29, 1.82) is 0 Å². The van der Waals surface area contributed by atoms with Gasteiger partial charge < -0.3 is 14.4 Å². The van der Waals surface area contributed by atoms with Gasteiger partial charge in [-0.05, 0) is 33.3 Å². The highest BCUT2D eigenvalue weighted by atomic mass is 19.4. The highest BCUT2D eigenvalue weighted by Gasteiger charge is 2.46. The van der Waals surface area contributed by atoms with E-state index >= 15 is 0 Å². The number of hydrogen-bond donors (Lipinski definition) is 0. The quantitative estimate of drug-likeness (QED) is 0.522. The molecule has 166 valence electrons. The molecule has 1 aromatic carbocycles. The van der Waals surface area contributed by atoms with E-state index in [4.69, 9.17) is 9.47 Å². The molecule has 3 rings (SSSR count). The number of hydrogen-bond acceptors (Lipinski definition) is 6. The van der Waals surface area contributed by atoms with Gasteiger partial charge in [0.15, 0.2) is 0 Å². The van der Waals surface area contributed by atoms with Gasteiger partial charge in [0.05, 0.1) is 16.6 Å². The zero-order valence-corrected chi connectivity index (χ0v) is 16.9. The normalized spacial score (nSPS) is 21.7. The Kier molecular flexibility index (Phi) is 5.85. The monoisotopic (exact) mass is 431 g/mol. The SMILES string of the molecule is CC(C)(C)OC(=O)N1CC2C[C@H]1CN2CCOc1cc([N+](=O)[O-])cc(C(F)(F)F)c1. The maximum atomic E-state index is 13.0. The van der Waals surface area contributed by atoms with Gasteiger partial charge in [-0.15, -0.1) is 0 Å². The van der Waals surface area contributed by atoms with Gasteiger partial charge in [-0.2, -0.15) is 13.2 Å². The minimum atomic E-state index is -4.71. The average molecular weight is 431 g/mol. The molecule has 0 aliphatic carbocycles. The lowest BCUT2D eigenvalue weighted by molar-refractivity contribution is -0.385. The fourth-order valence-electron chi connectivity index (χ4n) is 3.78. The molecule has 0 spiro atoms. The van der Waals surface area contributed by atoms with E-state index in [-0.39, 0.29) is 30.5 Å². The third-order valence-electron chi connectivity index (χ3n) is 5.06. The van der Waals surface area contributed by atoms with Crippen LogP contribution >= 0.6 is 0 Å². The van der Waals surface area contributed by atoms with Gasteiger partial charge in [-0.3, -0.25) is 15.0 Å². The molecule has 2 fully saturated rings. The zero-order chi connectivity index (χ0) is 22.3. The number of halogens is 3. The first-order valence-corrected chi connectivity index (χ1v) is 9.56. The smallest absolute Gasteiger partial charge is 0.416 e. The number of amides is 1. The molecule has 1 aromatic rings. The second-order valence-electron chi connectivity index (χ2n) is 8.49. The van der Waals surface area contributed by atoms with Crippen molar-refractivity contribution in [2.75, 3.05) is 26.2 Å². The number of benzene rings is 1. The third kappa shape index (κ3) is 5.13. The van der Waals surface area contributed by atoms with Crippen LogP contribution in [0.15, 0.2) is 18.2 Å². The summed E-state index contributed by atoms with van der Waals surface area (Å²) in [5.74, 6) is -0.198. The molecule has 2 aliphatic heterocycles. The Morgan fingerprint density at radius 1 is 1.20 bits per heavy atom. The number of nitrogens with zero attached hydrogens (tertiary/aromatic N) is 3. The van der Waals surface area contributed by atoms with E-state index in [0.717, 1.165) is 18.6 Å². The van der Waals surface area contributed by atoms with Crippen molar-refractivity contribution < 1.29 is 32.4 Å². The van der Waals surface area contributed by atoms with Crippen LogP contribution in [0.5, 0.6) is 5.75 Å². The summed E-state index contributed by atoms with van der Waals surface area (Å²) in [4.78, 5) is 26.1. The van der Waals surface area contributed by atoms with Gasteiger partial charge in [0.1, 0.15) is 18.0 Å². The van der Waals surface area contributed by atoms with Gasteiger partial charge >= 0.3 is 12.3 Å². The molecular formula is C19H24F3N3O5. The zero-order valence-electron chi connectivity index (χ0n) is 16.9. The van der Waals surface area contributed by atoms with Crippen molar-refractivity contribution in [2.45, 2.75) is 51.1 Å². The van der Waals surface area contributed by atoms with Crippen LogP contribution < -0.4 is 4.74 Å². The molecule has 2 bridgehead atoms. The fourth-order valence-corrected chi connectivity index (χ4v) is 3.78. The minimum Gasteiger partial charge on any atom is -0.492 e. The first-order chi connectivity index (χ1) is 13.8. The molecule has 0 N–H and O–H groups in total. The standard InChI is InChI=1S/C19H24F3N3O5/c1-18(2,3)30-17(26)24-11-14-8-15(24)10-23(14)4-5-29-16-7-12(19(20,21)22)6-13(9-16)25(27)28/h6-7,9,14-15H,4-5,8,10-11H2,1-3H3/t14?,15-/m0/s1. The number of rotatable bonds is 5. The number of nitro groups is 1. The van der Waals surface area contributed by atoms with Crippen molar-refractivity contribution in [3.05, 3.63) is 33.9 Å². The Balaban J connectivity index is 1.55. The van der Waals surface area contributed by atoms with Gasteiger partial charge in [-0.25, -0.2) is 4.79 Å². The topological polar surface area (TPSA) is 85.2 Å². The highest BCUT2D eigenvalue weighted by molar-refractivity contribution is 5.69. The van der Waals surface area contributed by atoms with Crippen LogP contribution in [0.25, 0.3) is 0 Å². The molecule has 8 nitrogen and oxygen atoms in total. The van der Waals surface area contributed by atoms with E-state index in [1.54, 1.807) is 25.7 Å². The Morgan fingerprint density at radius 3 is 2.43 bits per heavy atom. The molecule has 30 heavy (non-hydrogen) atoms. The predicted octanol–water partition coefficient (Wildman–Crippen LogP) is 3.69. The van der Waals surface area contributed by atoms with Crippen molar-refractivity contribution >= 4 is 11.8 Å². The summed E-state index contributed by atoms with van der Waals surface area (Å²) < 4.78 is 49.7. The maximum absolute atomic E-state index is 13.0. The Morgan fingerprint density at radius 2 is 1.90 bits per heavy atom. The van der Waals surface area contributed by atoms with Crippen LogP contribution in [0.2, 0.25) is 0 Å². The lowest BCUT2D eigenvalue weighted by Gasteiger charge is -2.35. The fraction of sp³-hybridized carbons (Fsp3) is 0.632. The van der Waals surface area contributed by atoms with Crippen LogP contribution in [0.4, 0.5) is 23.7 Å². The van der Waals surface area contributed by atoms with Crippen LogP contribution in [0, 0.1) is 10.1 Å².